The van der Waals surface area contributed by atoms with Gasteiger partial charge in [0.1, 0.15) is 5.82 Å². The summed E-state index contributed by atoms with van der Waals surface area (Å²) in [4.78, 5) is 4.29. The molecule has 0 radical (unpaired) electrons. The summed E-state index contributed by atoms with van der Waals surface area (Å²) in [6.07, 6.45) is 9.10. The summed E-state index contributed by atoms with van der Waals surface area (Å²) < 4.78 is 2.20. The Balaban J connectivity index is 2.56. The van der Waals surface area contributed by atoms with Crippen molar-refractivity contribution in [1.29, 1.82) is 0 Å². The molecule has 0 aliphatic rings. The van der Waals surface area contributed by atoms with E-state index in [4.69, 9.17) is 0 Å². The fraction of sp³-hybridized carbons (Fsp3) is 0.500. The van der Waals surface area contributed by atoms with Crippen LogP contribution in [-0.4, -0.2) is 9.55 Å². The molecule has 0 aromatic carbocycles. The molecule has 12 heavy (non-hydrogen) atoms. The lowest BCUT2D eigenvalue weighted by atomic mass is 10.3. The fourth-order valence-corrected chi connectivity index (χ4v) is 1.23. The topological polar surface area (TPSA) is 17.8 Å². The number of hydrogen-bond donors (Lipinski definition) is 0. The van der Waals surface area contributed by atoms with Crippen LogP contribution in [0.1, 0.15) is 25.6 Å². The van der Waals surface area contributed by atoms with Gasteiger partial charge in [-0.15, -0.1) is 6.58 Å². The van der Waals surface area contributed by atoms with Crippen LogP contribution in [-0.2, 0) is 13.0 Å². The van der Waals surface area contributed by atoms with Crippen LogP contribution in [0.25, 0.3) is 0 Å². The number of aryl methyl sites for hydroxylation is 2. The van der Waals surface area contributed by atoms with Gasteiger partial charge in [0.2, 0.25) is 0 Å². The van der Waals surface area contributed by atoms with Gasteiger partial charge in [-0.3, -0.25) is 0 Å². The summed E-state index contributed by atoms with van der Waals surface area (Å²) in [5, 5.41) is 0. The third kappa shape index (κ3) is 2.22. The molecular formula is C10H16N2. The second-order valence-corrected chi connectivity index (χ2v) is 2.86. The summed E-state index contributed by atoms with van der Waals surface area (Å²) in [6, 6.07) is 0. The van der Waals surface area contributed by atoms with E-state index in [1.807, 2.05) is 18.5 Å². The van der Waals surface area contributed by atoms with Gasteiger partial charge in [-0.2, -0.15) is 0 Å². The molecule has 0 fully saturated rings. The Kier molecular flexibility index (Phi) is 3.58. The van der Waals surface area contributed by atoms with Crippen LogP contribution >= 0.6 is 0 Å². The van der Waals surface area contributed by atoms with E-state index < -0.39 is 0 Å². The highest BCUT2D eigenvalue weighted by Crippen LogP contribution is 2.02. The van der Waals surface area contributed by atoms with Gasteiger partial charge in [0, 0.05) is 25.4 Å². The van der Waals surface area contributed by atoms with E-state index in [2.05, 4.69) is 23.1 Å². The maximum absolute atomic E-state index is 4.29. The molecule has 0 bridgehead atoms. The maximum Gasteiger partial charge on any atom is 0.108 e. The van der Waals surface area contributed by atoms with Crippen molar-refractivity contribution in [2.75, 3.05) is 0 Å². The summed E-state index contributed by atoms with van der Waals surface area (Å²) >= 11 is 0. The third-order valence-corrected chi connectivity index (χ3v) is 1.85. The molecule has 0 atom stereocenters. The zero-order valence-corrected chi connectivity index (χ0v) is 7.66. The number of aromatic nitrogens is 2. The van der Waals surface area contributed by atoms with Crippen LogP contribution in [0.5, 0.6) is 0 Å². The predicted octanol–water partition coefficient (Wildman–Crippen LogP) is 2.41. The Bertz CT molecular complexity index is 238. The van der Waals surface area contributed by atoms with Crippen molar-refractivity contribution in [3.05, 3.63) is 30.9 Å². The van der Waals surface area contributed by atoms with Crippen LogP contribution in [0.15, 0.2) is 25.0 Å². The minimum Gasteiger partial charge on any atom is -0.335 e. The Morgan fingerprint density at radius 2 is 2.50 bits per heavy atom. The van der Waals surface area contributed by atoms with Gasteiger partial charge >= 0.3 is 0 Å². The van der Waals surface area contributed by atoms with Gasteiger partial charge in [-0.05, 0) is 12.8 Å². The maximum atomic E-state index is 4.29. The van der Waals surface area contributed by atoms with E-state index in [0.29, 0.717) is 0 Å². The van der Waals surface area contributed by atoms with Crippen molar-refractivity contribution < 1.29 is 0 Å². The standard InChI is InChI=1S/C10H16N2/c1-3-5-8-12-9-7-11-10(12)6-4-2/h3,7,9H,1,4-6,8H2,2H3. The molecule has 0 aliphatic carbocycles. The van der Waals surface area contributed by atoms with Crippen molar-refractivity contribution in [3.8, 4) is 0 Å². The molecule has 66 valence electrons. The molecule has 1 rings (SSSR count). The second kappa shape index (κ2) is 4.75. The molecule has 1 aromatic rings. The van der Waals surface area contributed by atoms with Crippen molar-refractivity contribution in [2.24, 2.45) is 0 Å². The van der Waals surface area contributed by atoms with Gasteiger partial charge in [-0.1, -0.05) is 13.0 Å². The summed E-state index contributed by atoms with van der Waals surface area (Å²) in [6.45, 7) is 6.89. The third-order valence-electron chi connectivity index (χ3n) is 1.85. The van der Waals surface area contributed by atoms with Crippen molar-refractivity contribution in [3.63, 3.8) is 0 Å². The van der Waals surface area contributed by atoms with Crippen LogP contribution in [0, 0.1) is 0 Å². The van der Waals surface area contributed by atoms with E-state index in [-0.39, 0.29) is 0 Å². The number of nitrogens with zero attached hydrogens (tertiary/aromatic N) is 2. The Morgan fingerprint density at radius 3 is 3.17 bits per heavy atom. The molecule has 2 nitrogen and oxygen atoms in total. The van der Waals surface area contributed by atoms with Gasteiger partial charge < -0.3 is 4.57 Å². The molecule has 0 aliphatic heterocycles. The molecule has 1 heterocycles. The normalized spacial score (nSPS) is 10.1. The van der Waals surface area contributed by atoms with Crippen molar-refractivity contribution in [2.45, 2.75) is 32.7 Å². The number of rotatable bonds is 5. The molecular weight excluding hydrogens is 148 g/mol. The predicted molar refractivity (Wildman–Crippen MR) is 51.0 cm³/mol. The number of allylic oxidation sites excluding steroid dienone is 1. The minimum atomic E-state index is 1.01. The lowest BCUT2D eigenvalue weighted by Crippen LogP contribution is -2.01. The molecule has 1 aromatic heterocycles. The molecule has 0 saturated carbocycles. The highest BCUT2D eigenvalue weighted by molar-refractivity contribution is 4.92. The van der Waals surface area contributed by atoms with Crippen molar-refractivity contribution in [1.82, 2.24) is 9.55 Å². The lowest BCUT2D eigenvalue weighted by Gasteiger charge is -2.03. The van der Waals surface area contributed by atoms with Crippen molar-refractivity contribution >= 4 is 0 Å². The fourth-order valence-electron chi connectivity index (χ4n) is 1.23. The van der Waals surface area contributed by atoms with E-state index in [1.165, 1.54) is 5.82 Å². The molecule has 0 unspecified atom stereocenters. The lowest BCUT2D eigenvalue weighted by molar-refractivity contribution is 0.651. The summed E-state index contributed by atoms with van der Waals surface area (Å²) in [5.41, 5.74) is 0. The molecule has 0 saturated heterocycles. The number of imidazole rings is 1. The molecule has 2 heteroatoms. The first-order chi connectivity index (χ1) is 5.88. The van der Waals surface area contributed by atoms with Crippen LogP contribution in [0.4, 0.5) is 0 Å². The average Bonchev–Trinajstić information content (AvgIpc) is 2.50. The van der Waals surface area contributed by atoms with Crippen LogP contribution in [0.3, 0.4) is 0 Å². The minimum absolute atomic E-state index is 1.01. The molecule has 0 amide bonds. The Labute approximate surface area is 73.9 Å². The largest absolute Gasteiger partial charge is 0.335 e. The Hall–Kier alpha value is -1.05. The average molecular weight is 164 g/mol. The quantitative estimate of drug-likeness (QED) is 0.611. The van der Waals surface area contributed by atoms with E-state index in [9.17, 15) is 0 Å². The first-order valence-corrected chi connectivity index (χ1v) is 4.49. The van der Waals surface area contributed by atoms with E-state index in [1.54, 1.807) is 0 Å². The van der Waals surface area contributed by atoms with E-state index in [0.717, 1.165) is 25.8 Å². The van der Waals surface area contributed by atoms with Gasteiger partial charge in [0.05, 0.1) is 0 Å². The smallest absolute Gasteiger partial charge is 0.108 e. The monoisotopic (exact) mass is 164 g/mol. The van der Waals surface area contributed by atoms with Crippen LogP contribution < -0.4 is 0 Å². The number of hydrogen-bond acceptors (Lipinski definition) is 1. The van der Waals surface area contributed by atoms with E-state index >= 15 is 0 Å². The summed E-state index contributed by atoms with van der Waals surface area (Å²) in [5.74, 6) is 1.19. The summed E-state index contributed by atoms with van der Waals surface area (Å²) in [7, 11) is 0. The zero-order valence-electron chi connectivity index (χ0n) is 7.66. The SMILES string of the molecule is C=CCCn1ccnc1CCC. The highest BCUT2D eigenvalue weighted by atomic mass is 15.1. The second-order valence-electron chi connectivity index (χ2n) is 2.86. The zero-order chi connectivity index (χ0) is 8.81. The molecule has 0 spiro atoms. The van der Waals surface area contributed by atoms with Gasteiger partial charge in [-0.25, -0.2) is 4.98 Å². The first-order valence-electron chi connectivity index (χ1n) is 4.49. The van der Waals surface area contributed by atoms with Crippen LogP contribution in [0.2, 0.25) is 0 Å². The van der Waals surface area contributed by atoms with Gasteiger partial charge in [0.15, 0.2) is 0 Å². The van der Waals surface area contributed by atoms with Gasteiger partial charge in [0.25, 0.3) is 0 Å². The Morgan fingerprint density at radius 1 is 1.67 bits per heavy atom. The first kappa shape index (κ1) is 9.04. The highest BCUT2D eigenvalue weighted by Gasteiger charge is 1.98. The molecule has 0 N–H and O–H groups in total.